The lowest BCUT2D eigenvalue weighted by Gasteiger charge is -2.23. The van der Waals surface area contributed by atoms with Gasteiger partial charge in [-0.15, -0.1) is 0 Å². The van der Waals surface area contributed by atoms with E-state index in [2.05, 4.69) is 52.7 Å². The fraction of sp³-hybridized carbons (Fsp3) is 0.333. The smallest absolute Gasteiger partial charge is 0.196 e. The van der Waals surface area contributed by atoms with Gasteiger partial charge >= 0.3 is 0 Å². The van der Waals surface area contributed by atoms with Crippen LogP contribution in [0.3, 0.4) is 0 Å². The molecule has 0 spiro atoms. The fourth-order valence-corrected chi connectivity index (χ4v) is 2.37. The summed E-state index contributed by atoms with van der Waals surface area (Å²) in [7, 11) is 0. The molecule has 0 aliphatic carbocycles. The molecule has 0 unspecified atom stereocenters. The first-order valence-corrected chi connectivity index (χ1v) is 7.43. The number of aromatic nitrogens is 2. The van der Waals surface area contributed by atoms with Crippen molar-refractivity contribution in [3.05, 3.63) is 51.5 Å². The number of benzene rings is 1. The van der Waals surface area contributed by atoms with E-state index in [9.17, 15) is 0 Å². The van der Waals surface area contributed by atoms with Crippen molar-refractivity contribution in [3.63, 3.8) is 0 Å². The predicted octanol–water partition coefficient (Wildman–Crippen LogP) is 4.77. The van der Waals surface area contributed by atoms with E-state index >= 15 is 0 Å². The normalized spacial score (nSPS) is 11.4. The first-order valence-electron chi connectivity index (χ1n) is 6.26. The van der Waals surface area contributed by atoms with Crippen LogP contribution < -0.4 is 4.74 Å². The minimum Gasteiger partial charge on any atom is -0.486 e. The Morgan fingerprint density at radius 2 is 1.85 bits per heavy atom. The maximum Gasteiger partial charge on any atom is 0.196 e. The van der Waals surface area contributed by atoms with Gasteiger partial charge in [0.25, 0.3) is 0 Å². The zero-order chi connectivity index (χ0) is 14.8. The van der Waals surface area contributed by atoms with Gasteiger partial charge < -0.3 is 4.74 Å². The second kappa shape index (κ2) is 6.10. The summed E-state index contributed by atoms with van der Waals surface area (Å²) in [5.41, 5.74) is 2.20. The lowest BCUT2D eigenvalue weighted by molar-refractivity contribution is 0.300. The van der Waals surface area contributed by atoms with Crippen molar-refractivity contribution in [1.29, 1.82) is 0 Å². The molecule has 0 saturated heterocycles. The van der Waals surface area contributed by atoms with E-state index in [1.165, 1.54) is 5.56 Å². The van der Waals surface area contributed by atoms with E-state index in [0.717, 1.165) is 10.6 Å². The van der Waals surface area contributed by atoms with Crippen molar-refractivity contribution in [3.8, 4) is 5.75 Å². The van der Waals surface area contributed by atoms with Gasteiger partial charge in [0.1, 0.15) is 6.61 Å². The van der Waals surface area contributed by atoms with Gasteiger partial charge in [0.05, 0.1) is 12.4 Å². The molecule has 0 amide bonds. The van der Waals surface area contributed by atoms with Crippen molar-refractivity contribution in [2.75, 3.05) is 0 Å². The zero-order valence-electron chi connectivity index (χ0n) is 11.7. The van der Waals surface area contributed by atoms with Gasteiger partial charge in [0, 0.05) is 10.6 Å². The highest BCUT2D eigenvalue weighted by molar-refractivity contribution is 9.10. The maximum absolute atomic E-state index is 6.31. The van der Waals surface area contributed by atoms with Crippen LogP contribution in [-0.4, -0.2) is 9.97 Å². The molecule has 5 heteroatoms. The lowest BCUT2D eigenvalue weighted by atomic mass is 9.84. The first-order chi connectivity index (χ1) is 9.38. The molecule has 0 atom stereocenters. The topological polar surface area (TPSA) is 35.0 Å². The van der Waals surface area contributed by atoms with Gasteiger partial charge in [-0.05, 0) is 33.0 Å². The fourth-order valence-electron chi connectivity index (χ4n) is 1.94. The van der Waals surface area contributed by atoms with E-state index in [0.29, 0.717) is 17.1 Å². The molecule has 2 rings (SSSR count). The van der Waals surface area contributed by atoms with Gasteiger partial charge in [0.15, 0.2) is 10.5 Å². The van der Waals surface area contributed by atoms with Crippen LogP contribution in [0.2, 0.25) is 5.02 Å². The lowest BCUT2D eigenvalue weighted by Crippen LogP contribution is -2.15. The largest absolute Gasteiger partial charge is 0.486 e. The Morgan fingerprint density at radius 1 is 1.20 bits per heavy atom. The van der Waals surface area contributed by atoms with E-state index in [1.54, 1.807) is 12.4 Å². The van der Waals surface area contributed by atoms with Crippen molar-refractivity contribution in [2.24, 2.45) is 0 Å². The van der Waals surface area contributed by atoms with Crippen LogP contribution in [0.15, 0.2) is 35.3 Å². The maximum atomic E-state index is 6.31. The molecule has 0 N–H and O–H groups in total. The quantitative estimate of drug-likeness (QED) is 0.744. The molecule has 0 aliphatic rings. The molecule has 0 aliphatic heterocycles. The number of rotatable bonds is 3. The standard InChI is InChI=1S/C15H16BrClN2O/c1-15(2,3)12-5-4-6-13(17)11(12)9-20-10-7-18-14(16)19-8-10/h4-8H,9H2,1-3H3. The summed E-state index contributed by atoms with van der Waals surface area (Å²) in [5, 5.41) is 0.718. The average Bonchev–Trinajstić information content (AvgIpc) is 2.38. The molecule has 0 saturated carbocycles. The molecule has 0 fully saturated rings. The summed E-state index contributed by atoms with van der Waals surface area (Å²) < 4.78 is 6.27. The van der Waals surface area contributed by atoms with Crippen molar-refractivity contribution < 1.29 is 4.74 Å². The summed E-state index contributed by atoms with van der Waals surface area (Å²) >= 11 is 9.50. The van der Waals surface area contributed by atoms with E-state index in [4.69, 9.17) is 16.3 Å². The summed E-state index contributed by atoms with van der Waals surface area (Å²) in [4.78, 5) is 8.07. The molecular weight excluding hydrogens is 340 g/mol. The third-order valence-electron chi connectivity index (χ3n) is 2.91. The molecule has 3 nitrogen and oxygen atoms in total. The number of halogens is 2. The minimum atomic E-state index is 0.0137. The Bertz CT molecular complexity index is 594. The zero-order valence-corrected chi connectivity index (χ0v) is 14.0. The van der Waals surface area contributed by atoms with Crippen LogP contribution in [0, 0.1) is 0 Å². The van der Waals surface area contributed by atoms with Crippen LogP contribution in [0.4, 0.5) is 0 Å². The minimum absolute atomic E-state index is 0.0137. The molecule has 2 aromatic rings. The second-order valence-corrected chi connectivity index (χ2v) is 6.61. The third kappa shape index (κ3) is 3.70. The molecule has 106 valence electrons. The summed E-state index contributed by atoms with van der Waals surface area (Å²) in [6, 6.07) is 5.94. The number of hydrogen-bond acceptors (Lipinski definition) is 3. The number of hydrogen-bond donors (Lipinski definition) is 0. The monoisotopic (exact) mass is 354 g/mol. The van der Waals surface area contributed by atoms with Gasteiger partial charge in [-0.25, -0.2) is 9.97 Å². The Morgan fingerprint density at radius 3 is 2.45 bits per heavy atom. The second-order valence-electron chi connectivity index (χ2n) is 5.49. The summed E-state index contributed by atoms with van der Waals surface area (Å²) in [5.74, 6) is 0.618. The van der Waals surface area contributed by atoms with E-state index in [-0.39, 0.29) is 5.41 Å². The highest BCUT2D eigenvalue weighted by Crippen LogP contribution is 2.31. The van der Waals surface area contributed by atoms with Gasteiger partial charge in [-0.2, -0.15) is 0 Å². The first kappa shape index (κ1) is 15.3. The molecule has 1 aromatic heterocycles. The Balaban J connectivity index is 2.23. The van der Waals surface area contributed by atoms with Crippen molar-refractivity contribution >= 4 is 27.5 Å². The van der Waals surface area contributed by atoms with Crippen LogP contribution in [-0.2, 0) is 12.0 Å². The average molecular weight is 356 g/mol. The van der Waals surface area contributed by atoms with Crippen LogP contribution in [0.5, 0.6) is 5.75 Å². The van der Waals surface area contributed by atoms with Crippen LogP contribution >= 0.6 is 27.5 Å². The predicted molar refractivity (Wildman–Crippen MR) is 84.2 cm³/mol. The van der Waals surface area contributed by atoms with Gasteiger partial charge in [0.2, 0.25) is 0 Å². The Hall–Kier alpha value is -1.13. The van der Waals surface area contributed by atoms with Gasteiger partial charge in [-0.3, -0.25) is 0 Å². The van der Waals surface area contributed by atoms with E-state index in [1.807, 2.05) is 12.1 Å². The molecule has 20 heavy (non-hydrogen) atoms. The summed E-state index contributed by atoms with van der Waals surface area (Å²) in [6.45, 7) is 6.87. The molecule has 0 bridgehead atoms. The Labute approximate surface area is 132 Å². The van der Waals surface area contributed by atoms with Crippen molar-refractivity contribution in [2.45, 2.75) is 32.8 Å². The highest BCUT2D eigenvalue weighted by atomic mass is 79.9. The Kier molecular flexibility index (Phi) is 4.66. The molecule has 1 aromatic carbocycles. The van der Waals surface area contributed by atoms with Crippen LogP contribution in [0.1, 0.15) is 31.9 Å². The van der Waals surface area contributed by atoms with Crippen LogP contribution in [0.25, 0.3) is 0 Å². The van der Waals surface area contributed by atoms with E-state index < -0.39 is 0 Å². The highest BCUT2D eigenvalue weighted by Gasteiger charge is 2.19. The number of ether oxygens (including phenoxy) is 1. The summed E-state index contributed by atoms with van der Waals surface area (Å²) in [6.07, 6.45) is 3.26. The molecular formula is C15H16BrClN2O. The number of nitrogens with zero attached hydrogens (tertiary/aromatic N) is 2. The van der Waals surface area contributed by atoms with Crippen molar-refractivity contribution in [1.82, 2.24) is 9.97 Å². The SMILES string of the molecule is CC(C)(C)c1cccc(Cl)c1COc1cnc(Br)nc1. The molecule has 1 heterocycles. The third-order valence-corrected chi connectivity index (χ3v) is 3.67. The van der Waals surface area contributed by atoms with Gasteiger partial charge in [-0.1, -0.05) is 44.5 Å². The molecule has 0 radical (unpaired) electrons.